The highest BCUT2D eigenvalue weighted by Gasteiger charge is 2.27. The number of amides is 4. The Bertz CT molecular complexity index is 897. The van der Waals surface area contributed by atoms with Crippen LogP contribution in [0.25, 0.3) is 0 Å². The fraction of sp³-hybridized carbons (Fsp3) is 0.348. The summed E-state index contributed by atoms with van der Waals surface area (Å²) in [4.78, 5) is 38.6. The van der Waals surface area contributed by atoms with Gasteiger partial charge in [0.2, 0.25) is 11.8 Å². The van der Waals surface area contributed by atoms with E-state index in [9.17, 15) is 14.4 Å². The molecule has 31 heavy (non-hydrogen) atoms. The number of nitrogens with zero attached hydrogens (tertiary/aromatic N) is 1. The molecule has 0 aromatic heterocycles. The van der Waals surface area contributed by atoms with Gasteiger partial charge in [0.1, 0.15) is 6.04 Å². The van der Waals surface area contributed by atoms with Gasteiger partial charge in [-0.25, -0.2) is 4.79 Å². The van der Waals surface area contributed by atoms with Crippen LogP contribution in [0.15, 0.2) is 54.6 Å². The Kier molecular flexibility index (Phi) is 7.89. The van der Waals surface area contributed by atoms with Crippen LogP contribution in [0.1, 0.15) is 25.3 Å². The molecule has 164 valence electrons. The molecule has 1 fully saturated rings. The molecule has 1 aliphatic heterocycles. The Hall–Kier alpha value is -3.06. The summed E-state index contributed by atoms with van der Waals surface area (Å²) in [5, 5.41) is 9.24. The van der Waals surface area contributed by atoms with Gasteiger partial charge in [0.15, 0.2) is 0 Å². The molecule has 3 N–H and O–H groups in total. The Morgan fingerprint density at radius 3 is 2.29 bits per heavy atom. The standard InChI is InChI=1S/C23H27ClN4O3/c1-16(29)25-21(15-17-5-3-2-4-6-17)22(30)26-20-11-13-28(14-12-20)23(31)27-19-9-7-18(24)8-10-19/h2-10,20-21H,11-15H2,1H3,(H,25,29)(H,26,30)(H,27,31)/t21-/m1/s1. The summed E-state index contributed by atoms with van der Waals surface area (Å²) in [5.41, 5.74) is 1.66. The van der Waals surface area contributed by atoms with Crippen molar-refractivity contribution in [3.05, 3.63) is 65.2 Å². The van der Waals surface area contributed by atoms with Crippen molar-refractivity contribution in [1.29, 1.82) is 0 Å². The summed E-state index contributed by atoms with van der Waals surface area (Å²) in [6.07, 6.45) is 1.73. The van der Waals surface area contributed by atoms with Crippen molar-refractivity contribution in [2.75, 3.05) is 18.4 Å². The predicted octanol–water partition coefficient (Wildman–Crippen LogP) is 3.20. The van der Waals surface area contributed by atoms with Gasteiger partial charge < -0.3 is 20.9 Å². The second kappa shape index (κ2) is 10.8. The minimum atomic E-state index is -0.633. The first-order valence-corrected chi connectivity index (χ1v) is 10.7. The third-order valence-electron chi connectivity index (χ3n) is 5.20. The predicted molar refractivity (Wildman–Crippen MR) is 121 cm³/mol. The van der Waals surface area contributed by atoms with Crippen molar-refractivity contribution >= 4 is 35.1 Å². The summed E-state index contributed by atoms with van der Waals surface area (Å²) in [6.45, 7) is 2.48. The van der Waals surface area contributed by atoms with Crippen molar-refractivity contribution in [1.82, 2.24) is 15.5 Å². The summed E-state index contributed by atoms with van der Waals surface area (Å²) in [5.74, 6) is -0.451. The Labute approximate surface area is 187 Å². The topological polar surface area (TPSA) is 90.5 Å². The number of carbonyl (C=O) groups excluding carboxylic acids is 3. The van der Waals surface area contributed by atoms with E-state index in [1.54, 1.807) is 29.2 Å². The molecule has 1 saturated heterocycles. The molecular formula is C23H27ClN4O3. The zero-order valence-electron chi connectivity index (χ0n) is 17.4. The minimum absolute atomic E-state index is 0.0425. The molecule has 0 spiro atoms. The van der Waals surface area contributed by atoms with Gasteiger partial charge in [-0.15, -0.1) is 0 Å². The molecule has 0 saturated carbocycles. The van der Waals surface area contributed by atoms with Gasteiger partial charge in [-0.1, -0.05) is 41.9 Å². The van der Waals surface area contributed by atoms with Crippen LogP contribution in [0.5, 0.6) is 0 Å². The average molecular weight is 443 g/mol. The van der Waals surface area contributed by atoms with Crippen LogP contribution in [0, 0.1) is 0 Å². The number of nitrogens with one attached hydrogen (secondary N) is 3. The number of hydrogen-bond acceptors (Lipinski definition) is 3. The van der Waals surface area contributed by atoms with Gasteiger partial charge in [-0.3, -0.25) is 9.59 Å². The molecular weight excluding hydrogens is 416 g/mol. The van der Waals surface area contributed by atoms with E-state index in [-0.39, 0.29) is 23.9 Å². The maximum Gasteiger partial charge on any atom is 0.321 e. The van der Waals surface area contributed by atoms with E-state index in [4.69, 9.17) is 11.6 Å². The van der Waals surface area contributed by atoms with E-state index in [2.05, 4.69) is 16.0 Å². The maximum atomic E-state index is 12.8. The lowest BCUT2D eigenvalue weighted by Gasteiger charge is -2.33. The Morgan fingerprint density at radius 1 is 1.03 bits per heavy atom. The zero-order valence-corrected chi connectivity index (χ0v) is 18.2. The molecule has 1 atom stereocenters. The molecule has 2 aromatic rings. The van der Waals surface area contributed by atoms with E-state index < -0.39 is 6.04 Å². The van der Waals surface area contributed by atoms with E-state index in [1.165, 1.54) is 6.92 Å². The van der Waals surface area contributed by atoms with Crippen LogP contribution in [-0.2, 0) is 16.0 Å². The third-order valence-corrected chi connectivity index (χ3v) is 5.45. The maximum absolute atomic E-state index is 12.8. The summed E-state index contributed by atoms with van der Waals surface area (Å²) in [6, 6.07) is 15.7. The number of piperidine rings is 1. The summed E-state index contributed by atoms with van der Waals surface area (Å²) >= 11 is 5.87. The van der Waals surface area contributed by atoms with E-state index >= 15 is 0 Å². The van der Waals surface area contributed by atoms with Crippen LogP contribution in [0.2, 0.25) is 5.02 Å². The third kappa shape index (κ3) is 7.00. The largest absolute Gasteiger partial charge is 0.351 e. The molecule has 2 aromatic carbocycles. The number of likely N-dealkylation sites (tertiary alicyclic amines) is 1. The number of rotatable bonds is 6. The van der Waals surface area contributed by atoms with Crippen LogP contribution in [0.4, 0.5) is 10.5 Å². The fourth-order valence-corrected chi connectivity index (χ4v) is 3.69. The van der Waals surface area contributed by atoms with Crippen LogP contribution >= 0.6 is 11.6 Å². The Balaban J connectivity index is 1.50. The van der Waals surface area contributed by atoms with Crippen LogP contribution < -0.4 is 16.0 Å². The number of carbonyl (C=O) groups is 3. The van der Waals surface area contributed by atoms with Crippen LogP contribution in [-0.4, -0.2) is 47.9 Å². The molecule has 0 unspecified atom stereocenters. The summed E-state index contributed by atoms with van der Waals surface area (Å²) in [7, 11) is 0. The SMILES string of the molecule is CC(=O)N[C@H](Cc1ccccc1)C(=O)NC1CCN(C(=O)Nc2ccc(Cl)cc2)CC1. The van der Waals surface area contributed by atoms with Gasteiger partial charge in [-0.2, -0.15) is 0 Å². The molecule has 1 aliphatic rings. The molecule has 4 amide bonds. The number of urea groups is 1. The highest BCUT2D eigenvalue weighted by atomic mass is 35.5. The molecule has 0 radical (unpaired) electrons. The van der Waals surface area contributed by atoms with Gasteiger partial charge in [0.25, 0.3) is 0 Å². The molecule has 8 heteroatoms. The Morgan fingerprint density at radius 2 is 1.68 bits per heavy atom. The molecule has 1 heterocycles. The first kappa shape index (κ1) is 22.6. The minimum Gasteiger partial charge on any atom is -0.351 e. The fourth-order valence-electron chi connectivity index (χ4n) is 3.57. The number of benzene rings is 2. The normalized spacial score (nSPS) is 15.1. The molecule has 0 aliphatic carbocycles. The van der Waals surface area contributed by atoms with Crippen molar-refractivity contribution in [2.45, 2.75) is 38.3 Å². The summed E-state index contributed by atoms with van der Waals surface area (Å²) < 4.78 is 0. The van der Waals surface area contributed by atoms with Gasteiger partial charge in [-0.05, 0) is 42.7 Å². The highest BCUT2D eigenvalue weighted by Crippen LogP contribution is 2.16. The smallest absolute Gasteiger partial charge is 0.321 e. The first-order chi connectivity index (χ1) is 14.9. The first-order valence-electron chi connectivity index (χ1n) is 10.3. The van der Waals surface area contributed by atoms with Gasteiger partial charge in [0, 0.05) is 43.2 Å². The number of hydrogen-bond donors (Lipinski definition) is 3. The van der Waals surface area contributed by atoms with Crippen molar-refractivity contribution in [3.63, 3.8) is 0 Å². The highest BCUT2D eigenvalue weighted by molar-refractivity contribution is 6.30. The van der Waals surface area contributed by atoms with Crippen molar-refractivity contribution in [3.8, 4) is 0 Å². The zero-order chi connectivity index (χ0) is 22.2. The second-order valence-corrected chi connectivity index (χ2v) is 8.09. The quantitative estimate of drug-likeness (QED) is 0.641. The molecule has 0 bridgehead atoms. The van der Waals surface area contributed by atoms with Crippen LogP contribution in [0.3, 0.4) is 0 Å². The lowest BCUT2D eigenvalue weighted by atomic mass is 10.0. The lowest BCUT2D eigenvalue weighted by molar-refractivity contribution is -0.128. The molecule has 3 rings (SSSR count). The average Bonchev–Trinajstić information content (AvgIpc) is 2.76. The molecule has 7 nitrogen and oxygen atoms in total. The lowest BCUT2D eigenvalue weighted by Crippen LogP contribution is -2.53. The monoisotopic (exact) mass is 442 g/mol. The van der Waals surface area contributed by atoms with Crippen molar-refractivity contribution in [2.24, 2.45) is 0 Å². The van der Waals surface area contributed by atoms with E-state index in [1.807, 2.05) is 30.3 Å². The van der Waals surface area contributed by atoms with Gasteiger partial charge in [0.05, 0.1) is 0 Å². The number of halogens is 1. The van der Waals surface area contributed by atoms with E-state index in [0.29, 0.717) is 43.1 Å². The number of anilines is 1. The van der Waals surface area contributed by atoms with Gasteiger partial charge >= 0.3 is 6.03 Å². The second-order valence-electron chi connectivity index (χ2n) is 7.65. The van der Waals surface area contributed by atoms with Crippen molar-refractivity contribution < 1.29 is 14.4 Å². The van der Waals surface area contributed by atoms with E-state index in [0.717, 1.165) is 5.56 Å².